The number of pyridine rings is 1. The van der Waals surface area contributed by atoms with Crippen LogP contribution in [0.2, 0.25) is 5.02 Å². The van der Waals surface area contributed by atoms with E-state index < -0.39 is 0 Å². The Hall–Kier alpha value is -2.25. The average molecular weight is 302 g/mol. The summed E-state index contributed by atoms with van der Waals surface area (Å²) >= 11 is 5.97. The molecule has 1 N–H and O–H groups in total. The minimum absolute atomic E-state index is 0.498. The number of ether oxygens (including phenoxy) is 1. The molecule has 0 saturated carbocycles. The predicted octanol–water partition coefficient (Wildman–Crippen LogP) is 3.84. The lowest BCUT2D eigenvalue weighted by Gasteiger charge is -2.14. The first-order valence-corrected chi connectivity index (χ1v) is 6.87. The Morgan fingerprint density at radius 3 is 2.81 bits per heavy atom. The Kier molecular flexibility index (Phi) is 4.66. The van der Waals surface area contributed by atoms with Crippen LogP contribution >= 0.6 is 11.6 Å². The van der Waals surface area contributed by atoms with Gasteiger partial charge in [-0.25, -0.2) is 0 Å². The van der Waals surface area contributed by atoms with Gasteiger partial charge < -0.3 is 10.1 Å². The van der Waals surface area contributed by atoms with E-state index in [1.165, 1.54) is 0 Å². The topological polar surface area (TPSA) is 57.9 Å². The number of hydrogen-bond donors (Lipinski definition) is 1. The van der Waals surface area contributed by atoms with Gasteiger partial charge in [0.25, 0.3) is 0 Å². The summed E-state index contributed by atoms with van der Waals surface area (Å²) in [6.07, 6.45) is 1.78. The lowest BCUT2D eigenvalue weighted by molar-refractivity contribution is 0.407. The zero-order chi connectivity index (χ0) is 15.4. The normalized spacial score (nSPS) is 10.0. The third-order valence-electron chi connectivity index (χ3n) is 3.30. The Morgan fingerprint density at radius 2 is 2.14 bits per heavy atom. The summed E-state index contributed by atoms with van der Waals surface area (Å²) < 4.78 is 5.39. The first-order valence-electron chi connectivity index (χ1n) is 6.49. The van der Waals surface area contributed by atoms with Crippen LogP contribution in [-0.4, -0.2) is 12.1 Å². The summed E-state index contributed by atoms with van der Waals surface area (Å²) in [5.41, 5.74) is 4.12. The summed E-state index contributed by atoms with van der Waals surface area (Å²) in [4.78, 5) is 4.42. The molecule has 0 bridgehead atoms. The quantitative estimate of drug-likeness (QED) is 0.932. The molecule has 0 aliphatic heterocycles. The van der Waals surface area contributed by atoms with E-state index in [-0.39, 0.29) is 0 Å². The Bertz CT molecular complexity index is 707. The molecule has 1 heterocycles. The van der Waals surface area contributed by atoms with E-state index in [9.17, 15) is 0 Å². The van der Waals surface area contributed by atoms with Gasteiger partial charge >= 0.3 is 0 Å². The maximum atomic E-state index is 9.11. The van der Waals surface area contributed by atoms with E-state index in [2.05, 4.69) is 16.4 Å². The molecule has 21 heavy (non-hydrogen) atoms. The summed E-state index contributed by atoms with van der Waals surface area (Å²) in [6, 6.07) is 7.27. The Morgan fingerprint density at radius 1 is 1.38 bits per heavy atom. The van der Waals surface area contributed by atoms with Crippen LogP contribution in [0.5, 0.6) is 5.75 Å². The number of anilines is 1. The summed E-state index contributed by atoms with van der Waals surface area (Å²) in [7, 11) is 1.65. The number of aryl methyl sites for hydroxylation is 1. The highest BCUT2D eigenvalue weighted by Crippen LogP contribution is 2.25. The van der Waals surface area contributed by atoms with Crippen LogP contribution in [-0.2, 0) is 6.54 Å². The van der Waals surface area contributed by atoms with E-state index in [0.717, 1.165) is 22.6 Å². The highest BCUT2D eigenvalue weighted by Gasteiger charge is 2.10. The molecule has 108 valence electrons. The number of rotatable bonds is 4. The maximum Gasteiger partial charge on any atom is 0.128 e. The van der Waals surface area contributed by atoms with Crippen LogP contribution < -0.4 is 10.1 Å². The van der Waals surface area contributed by atoms with Crippen LogP contribution in [0.3, 0.4) is 0 Å². The van der Waals surface area contributed by atoms with Crippen molar-refractivity contribution in [2.24, 2.45) is 0 Å². The minimum atomic E-state index is 0.498. The molecule has 4 nitrogen and oxygen atoms in total. The molecule has 0 spiro atoms. The molecule has 0 atom stereocenters. The van der Waals surface area contributed by atoms with Crippen LogP contribution in [0.1, 0.15) is 22.4 Å². The first kappa shape index (κ1) is 15.1. The lowest BCUT2D eigenvalue weighted by Crippen LogP contribution is -2.07. The molecule has 2 rings (SSSR count). The van der Waals surface area contributed by atoms with Gasteiger partial charge in [0.2, 0.25) is 0 Å². The maximum absolute atomic E-state index is 9.11. The molecule has 0 fully saturated rings. The zero-order valence-corrected chi connectivity index (χ0v) is 13.0. The van der Waals surface area contributed by atoms with Gasteiger partial charge in [0, 0.05) is 22.3 Å². The monoisotopic (exact) mass is 301 g/mol. The fraction of sp³-hybridized carbons (Fsp3) is 0.250. The second-order valence-corrected chi connectivity index (χ2v) is 5.14. The molecule has 0 radical (unpaired) electrons. The van der Waals surface area contributed by atoms with Crippen molar-refractivity contribution in [3.8, 4) is 11.8 Å². The van der Waals surface area contributed by atoms with Crippen LogP contribution in [0.4, 0.5) is 5.69 Å². The second-order valence-electron chi connectivity index (χ2n) is 4.70. The molecular weight excluding hydrogens is 286 g/mol. The van der Waals surface area contributed by atoms with Crippen molar-refractivity contribution in [1.29, 1.82) is 5.26 Å². The van der Waals surface area contributed by atoms with Crippen molar-refractivity contribution in [3.05, 3.63) is 51.8 Å². The molecule has 0 aliphatic carbocycles. The number of aromatic nitrogens is 1. The van der Waals surface area contributed by atoms with Gasteiger partial charge in [-0.2, -0.15) is 5.26 Å². The molecule has 1 aromatic heterocycles. The molecular formula is C16H16ClN3O. The third kappa shape index (κ3) is 3.26. The molecule has 1 aromatic carbocycles. The van der Waals surface area contributed by atoms with Crippen LogP contribution in [0, 0.1) is 25.2 Å². The smallest absolute Gasteiger partial charge is 0.128 e. The molecule has 0 aliphatic rings. The summed E-state index contributed by atoms with van der Waals surface area (Å²) in [5, 5.41) is 12.9. The van der Waals surface area contributed by atoms with Gasteiger partial charge in [-0.3, -0.25) is 4.98 Å². The van der Waals surface area contributed by atoms with Crippen molar-refractivity contribution >= 4 is 17.3 Å². The first-order chi connectivity index (χ1) is 10.1. The standard InChI is InChI=1S/C16H16ClN3O/c1-10-8-19-15(11(2)16(10)21-3)9-20-14-6-13(17)5-4-12(14)7-18/h4-6,8,20H,9H2,1-3H3. The predicted molar refractivity (Wildman–Crippen MR) is 83.8 cm³/mol. The number of nitrogens with one attached hydrogen (secondary N) is 1. The van der Waals surface area contributed by atoms with Gasteiger partial charge in [-0.15, -0.1) is 0 Å². The van der Waals surface area contributed by atoms with Gasteiger partial charge in [-0.05, 0) is 32.0 Å². The molecule has 0 unspecified atom stereocenters. The third-order valence-corrected chi connectivity index (χ3v) is 3.53. The Labute approximate surface area is 129 Å². The lowest BCUT2D eigenvalue weighted by atomic mass is 10.1. The van der Waals surface area contributed by atoms with Crippen LogP contribution in [0.25, 0.3) is 0 Å². The van der Waals surface area contributed by atoms with Gasteiger partial charge in [0.1, 0.15) is 11.8 Å². The summed E-state index contributed by atoms with van der Waals surface area (Å²) in [6.45, 7) is 4.43. The van der Waals surface area contributed by atoms with E-state index in [1.54, 1.807) is 31.5 Å². The SMILES string of the molecule is COc1c(C)cnc(CNc2cc(Cl)ccc2C#N)c1C. The van der Waals surface area contributed by atoms with E-state index >= 15 is 0 Å². The van der Waals surface area contributed by atoms with Gasteiger partial charge in [0.05, 0.1) is 30.6 Å². The zero-order valence-electron chi connectivity index (χ0n) is 12.2. The highest BCUT2D eigenvalue weighted by atomic mass is 35.5. The number of methoxy groups -OCH3 is 1. The number of benzene rings is 1. The fourth-order valence-electron chi connectivity index (χ4n) is 2.19. The summed E-state index contributed by atoms with van der Waals surface area (Å²) in [5.74, 6) is 0.841. The number of nitrogens with zero attached hydrogens (tertiary/aromatic N) is 2. The van der Waals surface area contributed by atoms with Crippen molar-refractivity contribution in [2.45, 2.75) is 20.4 Å². The number of halogens is 1. The second kappa shape index (κ2) is 6.47. The van der Waals surface area contributed by atoms with Crippen molar-refractivity contribution in [1.82, 2.24) is 4.98 Å². The molecule has 0 saturated heterocycles. The van der Waals surface area contributed by atoms with Crippen molar-refractivity contribution < 1.29 is 4.74 Å². The fourth-order valence-corrected chi connectivity index (χ4v) is 2.36. The largest absolute Gasteiger partial charge is 0.496 e. The average Bonchev–Trinajstić information content (AvgIpc) is 2.47. The van der Waals surface area contributed by atoms with Crippen molar-refractivity contribution in [2.75, 3.05) is 12.4 Å². The number of hydrogen-bond acceptors (Lipinski definition) is 4. The van der Waals surface area contributed by atoms with Crippen molar-refractivity contribution in [3.63, 3.8) is 0 Å². The van der Waals surface area contributed by atoms with E-state index in [4.69, 9.17) is 21.6 Å². The molecule has 2 aromatic rings. The van der Waals surface area contributed by atoms with Gasteiger partial charge in [0.15, 0.2) is 0 Å². The van der Waals surface area contributed by atoms with E-state index in [0.29, 0.717) is 22.8 Å². The molecule has 5 heteroatoms. The van der Waals surface area contributed by atoms with Gasteiger partial charge in [-0.1, -0.05) is 11.6 Å². The van der Waals surface area contributed by atoms with Crippen LogP contribution in [0.15, 0.2) is 24.4 Å². The highest BCUT2D eigenvalue weighted by molar-refractivity contribution is 6.30. The molecule has 0 amide bonds. The van der Waals surface area contributed by atoms with E-state index in [1.807, 2.05) is 13.8 Å². The number of nitriles is 1. The minimum Gasteiger partial charge on any atom is -0.496 e. The Balaban J connectivity index is 2.25.